The number of hydrogen-bond acceptors (Lipinski definition) is 5. The van der Waals surface area contributed by atoms with Crippen LogP contribution in [0.4, 0.5) is 5.69 Å². The van der Waals surface area contributed by atoms with E-state index >= 15 is 0 Å². The van der Waals surface area contributed by atoms with Gasteiger partial charge < -0.3 is 10.1 Å². The SMILES string of the molecule is Cc1ccc(-n2nc(C)c(NC(=O)COC(=O)c3ccc(C=O)cc3)c2C)cc1. The molecule has 0 fully saturated rings. The summed E-state index contributed by atoms with van der Waals surface area (Å²) in [5.41, 5.74) is 4.77. The number of aromatic nitrogens is 2. The molecule has 0 bridgehead atoms. The fourth-order valence-electron chi connectivity index (χ4n) is 2.85. The zero-order chi connectivity index (χ0) is 21.0. The van der Waals surface area contributed by atoms with E-state index in [1.165, 1.54) is 24.3 Å². The van der Waals surface area contributed by atoms with Crippen molar-refractivity contribution in [1.29, 1.82) is 0 Å². The van der Waals surface area contributed by atoms with Crippen molar-refractivity contribution in [3.05, 3.63) is 76.6 Å². The Morgan fingerprint density at radius 3 is 2.31 bits per heavy atom. The summed E-state index contributed by atoms with van der Waals surface area (Å²) in [5, 5.41) is 7.25. The van der Waals surface area contributed by atoms with Gasteiger partial charge in [0.2, 0.25) is 0 Å². The third kappa shape index (κ3) is 4.57. The lowest BCUT2D eigenvalue weighted by atomic mass is 10.1. The number of rotatable bonds is 6. The number of aldehydes is 1. The average molecular weight is 391 g/mol. The molecule has 29 heavy (non-hydrogen) atoms. The maximum absolute atomic E-state index is 12.3. The van der Waals surface area contributed by atoms with E-state index in [0.717, 1.165) is 16.9 Å². The lowest BCUT2D eigenvalue weighted by Crippen LogP contribution is -2.21. The van der Waals surface area contributed by atoms with Crippen LogP contribution < -0.4 is 5.32 Å². The van der Waals surface area contributed by atoms with Gasteiger partial charge in [0, 0.05) is 5.56 Å². The minimum Gasteiger partial charge on any atom is -0.452 e. The van der Waals surface area contributed by atoms with Gasteiger partial charge in [0.05, 0.1) is 28.3 Å². The smallest absolute Gasteiger partial charge is 0.338 e. The van der Waals surface area contributed by atoms with Gasteiger partial charge in [-0.05, 0) is 45.0 Å². The molecule has 0 spiro atoms. The van der Waals surface area contributed by atoms with E-state index in [1.807, 2.05) is 38.1 Å². The molecule has 7 heteroatoms. The van der Waals surface area contributed by atoms with Gasteiger partial charge in [-0.15, -0.1) is 0 Å². The van der Waals surface area contributed by atoms with Crippen molar-refractivity contribution in [3.63, 3.8) is 0 Å². The van der Waals surface area contributed by atoms with Crippen molar-refractivity contribution in [2.75, 3.05) is 11.9 Å². The van der Waals surface area contributed by atoms with Crippen molar-refractivity contribution >= 4 is 23.9 Å². The molecule has 0 atom stereocenters. The molecule has 148 valence electrons. The van der Waals surface area contributed by atoms with Crippen molar-refractivity contribution in [2.24, 2.45) is 0 Å². The highest BCUT2D eigenvalue weighted by atomic mass is 16.5. The minimum absolute atomic E-state index is 0.267. The largest absolute Gasteiger partial charge is 0.452 e. The summed E-state index contributed by atoms with van der Waals surface area (Å²) >= 11 is 0. The van der Waals surface area contributed by atoms with Gasteiger partial charge in [-0.25, -0.2) is 9.48 Å². The number of hydrogen-bond donors (Lipinski definition) is 1. The van der Waals surface area contributed by atoms with E-state index in [4.69, 9.17) is 4.74 Å². The Morgan fingerprint density at radius 2 is 1.69 bits per heavy atom. The summed E-state index contributed by atoms with van der Waals surface area (Å²) in [5.74, 6) is -1.10. The van der Waals surface area contributed by atoms with Crippen LogP contribution in [-0.2, 0) is 9.53 Å². The fraction of sp³-hybridized carbons (Fsp3) is 0.182. The molecular weight excluding hydrogens is 370 g/mol. The molecule has 1 amide bonds. The van der Waals surface area contributed by atoms with E-state index in [-0.39, 0.29) is 5.56 Å². The second-order valence-corrected chi connectivity index (χ2v) is 6.66. The van der Waals surface area contributed by atoms with Crippen LogP contribution in [0.2, 0.25) is 0 Å². The van der Waals surface area contributed by atoms with Crippen molar-refractivity contribution in [1.82, 2.24) is 9.78 Å². The number of ether oxygens (including phenoxy) is 1. The maximum Gasteiger partial charge on any atom is 0.338 e. The Morgan fingerprint density at radius 1 is 1.03 bits per heavy atom. The monoisotopic (exact) mass is 391 g/mol. The normalized spacial score (nSPS) is 10.4. The molecule has 1 aromatic heterocycles. The van der Waals surface area contributed by atoms with Crippen LogP contribution in [0.5, 0.6) is 0 Å². The van der Waals surface area contributed by atoms with Gasteiger partial charge in [-0.3, -0.25) is 9.59 Å². The molecule has 1 N–H and O–H groups in total. The van der Waals surface area contributed by atoms with Crippen molar-refractivity contribution in [3.8, 4) is 5.69 Å². The molecule has 3 aromatic rings. The first-order valence-electron chi connectivity index (χ1n) is 9.04. The third-order valence-electron chi connectivity index (χ3n) is 4.45. The summed E-state index contributed by atoms with van der Waals surface area (Å²) in [6.07, 6.45) is 0.685. The van der Waals surface area contributed by atoms with E-state index < -0.39 is 18.5 Å². The fourth-order valence-corrected chi connectivity index (χ4v) is 2.85. The molecule has 0 aliphatic rings. The van der Waals surface area contributed by atoms with E-state index in [9.17, 15) is 14.4 Å². The Hall–Kier alpha value is -3.74. The van der Waals surface area contributed by atoms with Crippen LogP contribution in [0.25, 0.3) is 5.69 Å². The molecule has 0 saturated carbocycles. The van der Waals surface area contributed by atoms with Crippen LogP contribution in [0.1, 0.15) is 37.7 Å². The number of esters is 1. The number of nitrogens with zero attached hydrogens (tertiary/aromatic N) is 2. The molecule has 0 aliphatic carbocycles. The highest BCUT2D eigenvalue weighted by molar-refractivity contribution is 5.96. The predicted octanol–water partition coefficient (Wildman–Crippen LogP) is 3.41. The Kier molecular flexibility index (Phi) is 5.87. The van der Waals surface area contributed by atoms with Gasteiger partial charge in [-0.2, -0.15) is 5.10 Å². The predicted molar refractivity (Wildman–Crippen MR) is 109 cm³/mol. The molecule has 0 aliphatic heterocycles. The topological polar surface area (TPSA) is 90.3 Å². The van der Waals surface area contributed by atoms with Gasteiger partial charge in [0.25, 0.3) is 5.91 Å². The van der Waals surface area contributed by atoms with Crippen LogP contribution in [-0.4, -0.2) is 34.6 Å². The van der Waals surface area contributed by atoms with Gasteiger partial charge in [-0.1, -0.05) is 29.8 Å². The first-order chi connectivity index (χ1) is 13.9. The standard InChI is InChI=1S/C22H21N3O4/c1-14-4-10-19(11-5-14)25-16(3)21(15(2)24-25)23-20(27)13-29-22(28)18-8-6-17(12-26)7-9-18/h4-12H,13H2,1-3H3,(H,23,27). The summed E-state index contributed by atoms with van der Waals surface area (Å²) in [7, 11) is 0. The summed E-state index contributed by atoms with van der Waals surface area (Å²) in [4.78, 5) is 35.0. The quantitative estimate of drug-likeness (QED) is 0.514. The first kappa shape index (κ1) is 20.0. The number of carbonyl (C=O) groups excluding carboxylic acids is 3. The molecule has 0 saturated heterocycles. The van der Waals surface area contributed by atoms with E-state index in [1.54, 1.807) is 11.6 Å². The van der Waals surface area contributed by atoms with Crippen LogP contribution in [0, 0.1) is 20.8 Å². The highest BCUT2D eigenvalue weighted by Crippen LogP contribution is 2.23. The van der Waals surface area contributed by atoms with Gasteiger partial charge in [0.15, 0.2) is 6.61 Å². The Labute approximate surface area is 168 Å². The zero-order valence-corrected chi connectivity index (χ0v) is 16.4. The molecule has 0 radical (unpaired) electrons. The molecule has 2 aromatic carbocycles. The second-order valence-electron chi connectivity index (χ2n) is 6.66. The summed E-state index contributed by atoms with van der Waals surface area (Å²) < 4.78 is 6.81. The zero-order valence-electron chi connectivity index (χ0n) is 16.4. The number of amides is 1. The van der Waals surface area contributed by atoms with E-state index in [2.05, 4.69) is 10.4 Å². The molecule has 0 unspecified atom stereocenters. The van der Waals surface area contributed by atoms with Gasteiger partial charge in [0.1, 0.15) is 6.29 Å². The first-order valence-corrected chi connectivity index (χ1v) is 9.04. The average Bonchev–Trinajstić information content (AvgIpc) is 3.01. The molecule has 3 rings (SSSR count). The van der Waals surface area contributed by atoms with Crippen LogP contribution in [0.15, 0.2) is 48.5 Å². The number of benzene rings is 2. The van der Waals surface area contributed by atoms with Crippen LogP contribution in [0.3, 0.4) is 0 Å². The maximum atomic E-state index is 12.3. The Balaban J connectivity index is 1.65. The molecular formula is C22H21N3O4. The van der Waals surface area contributed by atoms with Gasteiger partial charge >= 0.3 is 5.97 Å². The Bertz CT molecular complexity index is 1050. The number of aryl methyl sites for hydroxylation is 2. The number of nitrogens with one attached hydrogen (secondary N) is 1. The van der Waals surface area contributed by atoms with Crippen molar-refractivity contribution in [2.45, 2.75) is 20.8 Å². The molecule has 1 heterocycles. The second kappa shape index (κ2) is 8.52. The highest BCUT2D eigenvalue weighted by Gasteiger charge is 2.17. The lowest BCUT2D eigenvalue weighted by Gasteiger charge is -2.08. The number of carbonyl (C=O) groups is 3. The van der Waals surface area contributed by atoms with Crippen LogP contribution >= 0.6 is 0 Å². The lowest BCUT2D eigenvalue weighted by molar-refractivity contribution is -0.119. The number of anilines is 1. The summed E-state index contributed by atoms with van der Waals surface area (Å²) in [6, 6.07) is 13.9. The summed E-state index contributed by atoms with van der Waals surface area (Å²) in [6.45, 7) is 5.24. The van der Waals surface area contributed by atoms with E-state index in [0.29, 0.717) is 23.2 Å². The van der Waals surface area contributed by atoms with Crippen molar-refractivity contribution < 1.29 is 19.1 Å². The molecule has 7 nitrogen and oxygen atoms in total. The minimum atomic E-state index is -0.638. The third-order valence-corrected chi connectivity index (χ3v) is 4.45.